The summed E-state index contributed by atoms with van der Waals surface area (Å²) < 4.78 is 41.2. The summed E-state index contributed by atoms with van der Waals surface area (Å²) in [7, 11) is 0. The third-order valence-electron chi connectivity index (χ3n) is 4.11. The van der Waals surface area contributed by atoms with Crippen molar-refractivity contribution >= 4 is 17.7 Å². The molecule has 25 heavy (non-hydrogen) atoms. The number of hydrogen-bond donors (Lipinski definition) is 0. The molecule has 1 aliphatic heterocycles. The van der Waals surface area contributed by atoms with Crippen LogP contribution in [0, 0.1) is 0 Å². The molecule has 1 aliphatic rings. The van der Waals surface area contributed by atoms with E-state index in [1.54, 1.807) is 11.0 Å². The molecule has 140 valence electrons. The summed E-state index contributed by atoms with van der Waals surface area (Å²) >= 11 is 1.43. The molecule has 8 heteroatoms. The number of thioether (sulfide) groups is 1. The lowest BCUT2D eigenvalue weighted by Gasteiger charge is -2.26. The van der Waals surface area contributed by atoms with Crippen LogP contribution in [0.5, 0.6) is 5.75 Å². The molecule has 1 atom stereocenters. The number of carbonyl (C=O) groups excluding carboxylic acids is 1. The second-order valence-electron chi connectivity index (χ2n) is 5.75. The van der Waals surface area contributed by atoms with E-state index in [4.69, 9.17) is 0 Å². The van der Waals surface area contributed by atoms with E-state index < -0.39 is 6.36 Å². The minimum atomic E-state index is -4.72. The Bertz CT molecular complexity index is 579. The molecule has 0 radical (unpaired) electrons. The number of benzene rings is 1. The zero-order chi connectivity index (χ0) is 18.4. The van der Waals surface area contributed by atoms with Crippen LogP contribution < -0.4 is 4.74 Å². The lowest BCUT2D eigenvalue weighted by atomic mass is 10.2. The predicted molar refractivity (Wildman–Crippen MR) is 92.4 cm³/mol. The Morgan fingerprint density at radius 3 is 2.68 bits per heavy atom. The highest BCUT2D eigenvalue weighted by Gasteiger charge is 2.34. The van der Waals surface area contributed by atoms with Crippen molar-refractivity contribution in [3.63, 3.8) is 0 Å². The van der Waals surface area contributed by atoms with Gasteiger partial charge in [0.2, 0.25) is 5.91 Å². The minimum absolute atomic E-state index is 0.0247. The maximum Gasteiger partial charge on any atom is 0.573 e. The highest BCUT2D eigenvalue weighted by Crippen LogP contribution is 2.40. The van der Waals surface area contributed by atoms with Crippen molar-refractivity contribution in [3.8, 4) is 5.75 Å². The summed E-state index contributed by atoms with van der Waals surface area (Å²) in [5.74, 6) is 0.116. The molecule has 4 nitrogen and oxygen atoms in total. The number of alkyl halides is 3. The summed E-state index contributed by atoms with van der Waals surface area (Å²) in [6, 6.07) is 5.88. The van der Waals surface area contributed by atoms with Gasteiger partial charge in [-0.25, -0.2) is 0 Å². The SMILES string of the molecule is CCN(CC)CCCN1C(=O)CSC1c1cccc(OC(F)(F)F)c1. The van der Waals surface area contributed by atoms with Crippen LogP contribution in [0.2, 0.25) is 0 Å². The fraction of sp³-hybridized carbons (Fsp3) is 0.588. The van der Waals surface area contributed by atoms with E-state index in [9.17, 15) is 18.0 Å². The molecule has 1 saturated heterocycles. The Labute approximate surface area is 150 Å². The summed E-state index contributed by atoms with van der Waals surface area (Å²) in [5, 5.41) is -0.263. The van der Waals surface area contributed by atoms with E-state index >= 15 is 0 Å². The van der Waals surface area contributed by atoms with E-state index in [1.807, 2.05) is 0 Å². The molecule has 2 rings (SSSR count). The van der Waals surface area contributed by atoms with Gasteiger partial charge in [-0.3, -0.25) is 4.79 Å². The van der Waals surface area contributed by atoms with Gasteiger partial charge in [-0.1, -0.05) is 26.0 Å². The third-order valence-corrected chi connectivity index (χ3v) is 5.37. The number of nitrogens with zero attached hydrogens (tertiary/aromatic N) is 2. The Hall–Kier alpha value is -1.41. The van der Waals surface area contributed by atoms with Crippen molar-refractivity contribution in [2.75, 3.05) is 31.9 Å². The van der Waals surface area contributed by atoms with Gasteiger partial charge in [-0.15, -0.1) is 24.9 Å². The molecule has 0 saturated carbocycles. The first-order valence-electron chi connectivity index (χ1n) is 8.33. The number of rotatable bonds is 8. The van der Waals surface area contributed by atoms with Crippen LogP contribution in [0.15, 0.2) is 24.3 Å². The molecule has 0 spiro atoms. The van der Waals surface area contributed by atoms with Crippen molar-refractivity contribution in [1.82, 2.24) is 9.80 Å². The Morgan fingerprint density at radius 1 is 1.32 bits per heavy atom. The molecule has 1 amide bonds. The molecule has 1 fully saturated rings. The highest BCUT2D eigenvalue weighted by molar-refractivity contribution is 8.00. The summed E-state index contributed by atoms with van der Waals surface area (Å²) in [5.41, 5.74) is 0.653. The fourth-order valence-corrected chi connectivity index (χ4v) is 4.05. The van der Waals surface area contributed by atoms with Crippen molar-refractivity contribution in [2.24, 2.45) is 0 Å². The molecule has 0 aromatic heterocycles. The predicted octanol–water partition coefficient (Wildman–Crippen LogP) is 3.89. The molecule has 0 N–H and O–H groups in total. The van der Waals surface area contributed by atoms with Crippen LogP contribution in [0.25, 0.3) is 0 Å². The first kappa shape index (κ1) is 19.9. The van der Waals surface area contributed by atoms with Crippen molar-refractivity contribution in [1.29, 1.82) is 0 Å². The van der Waals surface area contributed by atoms with E-state index in [2.05, 4.69) is 23.5 Å². The molecule has 0 aliphatic carbocycles. The average Bonchev–Trinajstić information content (AvgIpc) is 2.91. The summed E-state index contributed by atoms with van der Waals surface area (Å²) in [4.78, 5) is 16.2. The van der Waals surface area contributed by atoms with Crippen molar-refractivity contribution < 1.29 is 22.7 Å². The molecule has 1 aromatic rings. The van der Waals surface area contributed by atoms with Crippen LogP contribution in [0.4, 0.5) is 13.2 Å². The first-order valence-corrected chi connectivity index (χ1v) is 9.38. The largest absolute Gasteiger partial charge is 0.573 e. The molecule has 1 aromatic carbocycles. The number of hydrogen-bond acceptors (Lipinski definition) is 4. The molecular weight excluding hydrogens is 353 g/mol. The van der Waals surface area contributed by atoms with Gasteiger partial charge in [0.05, 0.1) is 5.75 Å². The highest BCUT2D eigenvalue weighted by atomic mass is 32.2. The Balaban J connectivity index is 2.04. The molecule has 1 heterocycles. The lowest BCUT2D eigenvalue weighted by Crippen LogP contribution is -2.32. The first-order chi connectivity index (χ1) is 11.8. The van der Waals surface area contributed by atoms with Gasteiger partial charge in [0, 0.05) is 6.54 Å². The van der Waals surface area contributed by atoms with E-state index in [-0.39, 0.29) is 17.0 Å². The van der Waals surface area contributed by atoms with Crippen LogP contribution in [0.3, 0.4) is 0 Å². The third kappa shape index (κ3) is 5.81. The zero-order valence-corrected chi connectivity index (χ0v) is 15.2. The summed E-state index contributed by atoms with van der Waals surface area (Å²) in [6.07, 6.45) is -3.88. The van der Waals surface area contributed by atoms with Gasteiger partial charge >= 0.3 is 6.36 Å². The van der Waals surface area contributed by atoms with Crippen LogP contribution >= 0.6 is 11.8 Å². The average molecular weight is 376 g/mol. The van der Waals surface area contributed by atoms with Gasteiger partial charge in [-0.05, 0) is 43.8 Å². The zero-order valence-electron chi connectivity index (χ0n) is 14.4. The summed E-state index contributed by atoms with van der Waals surface area (Å²) in [6.45, 7) is 7.59. The van der Waals surface area contributed by atoms with Gasteiger partial charge in [0.15, 0.2) is 0 Å². The van der Waals surface area contributed by atoms with Gasteiger partial charge in [-0.2, -0.15) is 0 Å². The second kappa shape index (κ2) is 8.80. The smallest absolute Gasteiger partial charge is 0.406 e. The minimum Gasteiger partial charge on any atom is -0.406 e. The Morgan fingerprint density at radius 2 is 2.04 bits per heavy atom. The normalized spacial score (nSPS) is 18.2. The van der Waals surface area contributed by atoms with Gasteiger partial charge < -0.3 is 14.5 Å². The van der Waals surface area contributed by atoms with Crippen molar-refractivity contribution in [3.05, 3.63) is 29.8 Å². The monoisotopic (exact) mass is 376 g/mol. The maximum absolute atomic E-state index is 12.4. The second-order valence-corrected chi connectivity index (χ2v) is 6.82. The van der Waals surface area contributed by atoms with Crippen LogP contribution in [0.1, 0.15) is 31.2 Å². The quantitative estimate of drug-likeness (QED) is 0.689. The number of amides is 1. The van der Waals surface area contributed by atoms with Gasteiger partial charge in [0.25, 0.3) is 0 Å². The molecule has 0 bridgehead atoms. The van der Waals surface area contributed by atoms with Crippen molar-refractivity contribution in [2.45, 2.75) is 32.0 Å². The van der Waals surface area contributed by atoms with E-state index in [1.165, 1.54) is 30.0 Å². The van der Waals surface area contributed by atoms with E-state index in [0.29, 0.717) is 17.9 Å². The Kier molecular flexibility index (Phi) is 7.01. The van der Waals surface area contributed by atoms with Gasteiger partial charge in [0.1, 0.15) is 11.1 Å². The lowest BCUT2D eigenvalue weighted by molar-refractivity contribution is -0.274. The van der Waals surface area contributed by atoms with Crippen LogP contribution in [-0.2, 0) is 4.79 Å². The maximum atomic E-state index is 12.4. The number of carbonyl (C=O) groups is 1. The molecule has 1 unspecified atom stereocenters. The molecular formula is C17H23F3N2O2S. The van der Waals surface area contributed by atoms with Crippen LogP contribution in [-0.4, -0.2) is 54.0 Å². The number of ether oxygens (including phenoxy) is 1. The van der Waals surface area contributed by atoms with E-state index in [0.717, 1.165) is 26.1 Å². The topological polar surface area (TPSA) is 32.8 Å². The number of halogens is 3. The fourth-order valence-electron chi connectivity index (χ4n) is 2.84. The standard InChI is InChI=1S/C17H23F3N2O2S/c1-3-21(4-2)9-6-10-22-15(23)12-25-16(22)13-7-5-8-14(11-13)24-17(18,19)20/h5,7-8,11,16H,3-4,6,9-10,12H2,1-2H3.